The van der Waals surface area contributed by atoms with Crippen molar-refractivity contribution in [2.24, 2.45) is 0 Å². The molecule has 0 atom stereocenters. The monoisotopic (exact) mass is 184 g/mol. The minimum absolute atomic E-state index is 1.04. The van der Waals surface area contributed by atoms with E-state index in [0.29, 0.717) is 0 Å². The molecule has 78 valence electrons. The lowest BCUT2D eigenvalue weighted by Crippen LogP contribution is -2.26. The Morgan fingerprint density at radius 3 is 2.62 bits per heavy atom. The Kier molecular flexibility index (Phi) is 9.49. The molecule has 0 spiro atoms. The van der Waals surface area contributed by atoms with Gasteiger partial charge < -0.3 is 5.32 Å². The van der Waals surface area contributed by atoms with E-state index in [1.807, 2.05) is 13.1 Å². The summed E-state index contributed by atoms with van der Waals surface area (Å²) in [7, 11) is 2.01. The second kappa shape index (κ2) is 9.75. The number of nitrogens with zero attached hydrogens (tertiary/aromatic N) is 1. The average molecular weight is 184 g/mol. The van der Waals surface area contributed by atoms with Gasteiger partial charge in [-0.1, -0.05) is 13.0 Å². The van der Waals surface area contributed by atoms with Gasteiger partial charge in [0.2, 0.25) is 0 Å². The van der Waals surface area contributed by atoms with Crippen molar-refractivity contribution in [3.05, 3.63) is 12.7 Å². The SMILES string of the molecule is C=CCN(CCC)CCCCNC. The molecule has 13 heavy (non-hydrogen) atoms. The van der Waals surface area contributed by atoms with Crippen LogP contribution in [0.4, 0.5) is 0 Å². The van der Waals surface area contributed by atoms with Crippen molar-refractivity contribution in [2.75, 3.05) is 33.2 Å². The summed E-state index contributed by atoms with van der Waals surface area (Å²) in [5, 5.41) is 3.17. The molecule has 0 heterocycles. The molecule has 0 saturated carbocycles. The fourth-order valence-electron chi connectivity index (χ4n) is 1.43. The molecule has 0 aliphatic rings. The Labute approximate surface area is 83.0 Å². The van der Waals surface area contributed by atoms with Crippen molar-refractivity contribution in [3.8, 4) is 0 Å². The first-order chi connectivity index (χ1) is 6.35. The molecule has 0 fully saturated rings. The van der Waals surface area contributed by atoms with Crippen LogP contribution in [-0.4, -0.2) is 38.1 Å². The van der Waals surface area contributed by atoms with Crippen LogP contribution in [-0.2, 0) is 0 Å². The zero-order chi connectivity index (χ0) is 9.94. The summed E-state index contributed by atoms with van der Waals surface area (Å²) >= 11 is 0. The molecular formula is C11H24N2. The van der Waals surface area contributed by atoms with Crippen molar-refractivity contribution in [3.63, 3.8) is 0 Å². The Morgan fingerprint density at radius 2 is 2.08 bits per heavy atom. The summed E-state index contributed by atoms with van der Waals surface area (Å²) in [6.45, 7) is 10.6. The highest BCUT2D eigenvalue weighted by Crippen LogP contribution is 1.96. The molecule has 0 aromatic carbocycles. The van der Waals surface area contributed by atoms with Gasteiger partial charge in [-0.25, -0.2) is 0 Å². The fraction of sp³-hybridized carbons (Fsp3) is 0.818. The van der Waals surface area contributed by atoms with Crippen molar-refractivity contribution >= 4 is 0 Å². The van der Waals surface area contributed by atoms with Crippen LogP contribution < -0.4 is 5.32 Å². The topological polar surface area (TPSA) is 15.3 Å². The van der Waals surface area contributed by atoms with Gasteiger partial charge in [-0.05, 0) is 45.9 Å². The fourth-order valence-corrected chi connectivity index (χ4v) is 1.43. The van der Waals surface area contributed by atoms with E-state index in [1.54, 1.807) is 0 Å². The van der Waals surface area contributed by atoms with E-state index in [0.717, 1.165) is 13.1 Å². The third kappa shape index (κ3) is 8.00. The summed E-state index contributed by atoms with van der Waals surface area (Å²) in [6.07, 6.45) is 5.79. The third-order valence-electron chi connectivity index (χ3n) is 2.08. The lowest BCUT2D eigenvalue weighted by Gasteiger charge is -2.19. The maximum absolute atomic E-state index is 3.77. The summed E-state index contributed by atoms with van der Waals surface area (Å²) in [6, 6.07) is 0. The molecule has 1 N–H and O–H groups in total. The van der Waals surface area contributed by atoms with Crippen LogP contribution in [0.3, 0.4) is 0 Å². The van der Waals surface area contributed by atoms with Crippen LogP contribution in [0.1, 0.15) is 26.2 Å². The highest BCUT2D eigenvalue weighted by molar-refractivity contribution is 4.73. The quantitative estimate of drug-likeness (QED) is 0.435. The van der Waals surface area contributed by atoms with Gasteiger partial charge in [0, 0.05) is 6.54 Å². The zero-order valence-electron chi connectivity index (χ0n) is 9.18. The van der Waals surface area contributed by atoms with E-state index < -0.39 is 0 Å². The van der Waals surface area contributed by atoms with Crippen LogP contribution in [0.15, 0.2) is 12.7 Å². The maximum Gasteiger partial charge on any atom is 0.0160 e. The molecule has 0 unspecified atom stereocenters. The molecule has 2 nitrogen and oxygen atoms in total. The molecular weight excluding hydrogens is 160 g/mol. The largest absolute Gasteiger partial charge is 0.320 e. The molecule has 0 rings (SSSR count). The van der Waals surface area contributed by atoms with Crippen molar-refractivity contribution < 1.29 is 0 Å². The first-order valence-corrected chi connectivity index (χ1v) is 5.33. The van der Waals surface area contributed by atoms with Crippen molar-refractivity contribution in [2.45, 2.75) is 26.2 Å². The number of hydrogen-bond donors (Lipinski definition) is 1. The Balaban J connectivity index is 3.38. The number of unbranched alkanes of at least 4 members (excludes halogenated alkanes) is 1. The molecule has 0 amide bonds. The summed E-state index contributed by atoms with van der Waals surface area (Å²) < 4.78 is 0. The summed E-state index contributed by atoms with van der Waals surface area (Å²) in [5.41, 5.74) is 0. The second-order valence-corrected chi connectivity index (χ2v) is 3.40. The van der Waals surface area contributed by atoms with E-state index in [2.05, 4.69) is 23.7 Å². The molecule has 0 bridgehead atoms. The van der Waals surface area contributed by atoms with E-state index >= 15 is 0 Å². The van der Waals surface area contributed by atoms with Crippen LogP contribution in [0.5, 0.6) is 0 Å². The maximum atomic E-state index is 3.77. The first kappa shape index (κ1) is 12.7. The van der Waals surface area contributed by atoms with Crippen molar-refractivity contribution in [1.82, 2.24) is 10.2 Å². The Morgan fingerprint density at radius 1 is 1.31 bits per heavy atom. The molecule has 0 aromatic heterocycles. The lowest BCUT2D eigenvalue weighted by molar-refractivity contribution is 0.296. The van der Waals surface area contributed by atoms with Gasteiger partial charge in [-0.2, -0.15) is 0 Å². The normalized spacial score (nSPS) is 10.7. The highest BCUT2D eigenvalue weighted by Gasteiger charge is 1.99. The van der Waals surface area contributed by atoms with Gasteiger partial charge in [0.25, 0.3) is 0 Å². The van der Waals surface area contributed by atoms with Gasteiger partial charge in [0.15, 0.2) is 0 Å². The Hall–Kier alpha value is -0.340. The predicted molar refractivity (Wildman–Crippen MR) is 60.1 cm³/mol. The Bertz CT molecular complexity index is 113. The van der Waals surface area contributed by atoms with Crippen molar-refractivity contribution in [1.29, 1.82) is 0 Å². The molecule has 0 aromatic rings. The molecule has 0 aliphatic carbocycles. The van der Waals surface area contributed by atoms with Crippen LogP contribution in [0.2, 0.25) is 0 Å². The standard InChI is InChI=1S/C11H24N2/c1-4-9-13(10-5-2)11-7-6-8-12-3/h4,12H,1,5-11H2,2-3H3. The predicted octanol–water partition coefficient (Wildman–Crippen LogP) is 1.88. The van der Waals surface area contributed by atoms with Gasteiger partial charge in [-0.3, -0.25) is 4.90 Å². The highest BCUT2D eigenvalue weighted by atomic mass is 15.1. The lowest BCUT2D eigenvalue weighted by atomic mass is 10.2. The van der Waals surface area contributed by atoms with Gasteiger partial charge >= 0.3 is 0 Å². The van der Waals surface area contributed by atoms with Gasteiger partial charge in [0.05, 0.1) is 0 Å². The third-order valence-corrected chi connectivity index (χ3v) is 2.08. The van der Waals surface area contributed by atoms with E-state index in [-0.39, 0.29) is 0 Å². The van der Waals surface area contributed by atoms with Gasteiger partial charge in [-0.15, -0.1) is 6.58 Å². The second-order valence-electron chi connectivity index (χ2n) is 3.40. The smallest absolute Gasteiger partial charge is 0.0160 e. The average Bonchev–Trinajstić information content (AvgIpc) is 2.13. The van der Waals surface area contributed by atoms with Crippen LogP contribution in [0.25, 0.3) is 0 Å². The molecule has 0 saturated heterocycles. The summed E-state index contributed by atoms with van der Waals surface area (Å²) in [4.78, 5) is 2.46. The summed E-state index contributed by atoms with van der Waals surface area (Å²) in [5.74, 6) is 0. The number of rotatable bonds is 9. The molecule has 0 aliphatic heterocycles. The number of nitrogens with one attached hydrogen (secondary N) is 1. The van der Waals surface area contributed by atoms with Gasteiger partial charge in [0.1, 0.15) is 0 Å². The van der Waals surface area contributed by atoms with Crippen LogP contribution in [0, 0.1) is 0 Å². The molecule has 0 radical (unpaired) electrons. The van der Waals surface area contributed by atoms with E-state index in [1.165, 1.54) is 32.4 Å². The minimum atomic E-state index is 1.04. The van der Waals surface area contributed by atoms with E-state index in [4.69, 9.17) is 0 Å². The zero-order valence-corrected chi connectivity index (χ0v) is 9.18. The minimum Gasteiger partial charge on any atom is -0.320 e. The first-order valence-electron chi connectivity index (χ1n) is 5.33. The van der Waals surface area contributed by atoms with Crippen LogP contribution >= 0.6 is 0 Å². The molecule has 2 heteroatoms. The number of hydrogen-bond acceptors (Lipinski definition) is 2. The van der Waals surface area contributed by atoms with E-state index in [9.17, 15) is 0 Å².